The van der Waals surface area contributed by atoms with E-state index in [0.29, 0.717) is 6.10 Å². The maximum absolute atomic E-state index is 6.20. The molecule has 2 unspecified atom stereocenters. The van der Waals surface area contributed by atoms with Gasteiger partial charge in [-0.05, 0) is 24.8 Å². The van der Waals surface area contributed by atoms with E-state index in [1.807, 2.05) is 18.2 Å². The number of hydrogen-bond acceptors (Lipinski definition) is 3. The maximum atomic E-state index is 6.20. The molecule has 1 aliphatic heterocycles. The lowest BCUT2D eigenvalue weighted by atomic mass is 10.1. The van der Waals surface area contributed by atoms with Crippen LogP contribution in [0.25, 0.3) is 0 Å². The van der Waals surface area contributed by atoms with Crippen molar-refractivity contribution < 1.29 is 9.47 Å². The largest absolute Gasteiger partial charge is 0.496 e. The van der Waals surface area contributed by atoms with Crippen molar-refractivity contribution in [1.82, 2.24) is 5.32 Å². The van der Waals surface area contributed by atoms with E-state index in [-0.39, 0.29) is 6.10 Å². The minimum Gasteiger partial charge on any atom is -0.496 e. The van der Waals surface area contributed by atoms with Gasteiger partial charge < -0.3 is 14.8 Å². The Kier molecular flexibility index (Phi) is 3.04. The number of nitrogens with one attached hydrogen (secondary N) is 1. The highest BCUT2D eigenvalue weighted by molar-refractivity contribution is 5.35. The van der Waals surface area contributed by atoms with Crippen LogP contribution in [0.4, 0.5) is 0 Å². The molecule has 3 heteroatoms. The van der Waals surface area contributed by atoms with E-state index in [1.54, 1.807) is 7.11 Å². The highest BCUT2D eigenvalue weighted by Gasteiger charge is 2.36. The first-order valence-electron chi connectivity index (χ1n) is 6.37. The lowest BCUT2D eigenvalue weighted by Gasteiger charge is -2.32. The van der Waals surface area contributed by atoms with Gasteiger partial charge >= 0.3 is 0 Å². The van der Waals surface area contributed by atoms with E-state index in [1.165, 1.54) is 12.8 Å². The molecule has 2 atom stereocenters. The molecule has 1 saturated carbocycles. The molecule has 1 N–H and O–H groups in total. The Balaban J connectivity index is 1.77. The Hall–Kier alpha value is -1.06. The normalized spacial score (nSPS) is 29.0. The highest BCUT2D eigenvalue weighted by atomic mass is 16.5. The number of benzene rings is 1. The number of hydrogen-bond donors (Lipinski definition) is 1. The fraction of sp³-hybridized carbons (Fsp3) is 0.571. The topological polar surface area (TPSA) is 30.5 Å². The summed E-state index contributed by atoms with van der Waals surface area (Å²) in [6.07, 6.45) is 3.17. The standard InChI is InChI=1S/C14H19NO2/c1-16-12-5-3-2-4-11(12)14-9-15-8-13(17-14)10-6-7-10/h2-5,10,13-15H,6-9H2,1H3. The van der Waals surface area contributed by atoms with Crippen molar-refractivity contribution in [3.63, 3.8) is 0 Å². The first-order valence-corrected chi connectivity index (χ1v) is 6.37. The monoisotopic (exact) mass is 233 g/mol. The van der Waals surface area contributed by atoms with Crippen molar-refractivity contribution in [3.8, 4) is 5.75 Å². The zero-order chi connectivity index (χ0) is 11.7. The second-order valence-electron chi connectivity index (χ2n) is 4.90. The quantitative estimate of drug-likeness (QED) is 0.867. The van der Waals surface area contributed by atoms with Crippen LogP contribution in [0.2, 0.25) is 0 Å². The zero-order valence-electron chi connectivity index (χ0n) is 10.2. The third kappa shape index (κ3) is 2.31. The van der Waals surface area contributed by atoms with Crippen LogP contribution in [0.3, 0.4) is 0 Å². The molecule has 0 spiro atoms. The SMILES string of the molecule is COc1ccccc1C1CNCC(C2CC2)O1. The van der Waals surface area contributed by atoms with Crippen LogP contribution in [-0.4, -0.2) is 26.3 Å². The highest BCUT2D eigenvalue weighted by Crippen LogP contribution is 2.39. The van der Waals surface area contributed by atoms with Gasteiger partial charge in [0.25, 0.3) is 0 Å². The van der Waals surface area contributed by atoms with E-state index in [2.05, 4.69) is 11.4 Å². The summed E-state index contributed by atoms with van der Waals surface area (Å²) in [7, 11) is 1.72. The lowest BCUT2D eigenvalue weighted by molar-refractivity contribution is -0.0501. The zero-order valence-corrected chi connectivity index (χ0v) is 10.2. The van der Waals surface area contributed by atoms with Crippen molar-refractivity contribution in [2.75, 3.05) is 20.2 Å². The molecule has 1 aromatic carbocycles. The average Bonchev–Trinajstić information content (AvgIpc) is 3.23. The molecule has 0 amide bonds. The van der Waals surface area contributed by atoms with E-state index in [4.69, 9.17) is 9.47 Å². The second-order valence-corrected chi connectivity index (χ2v) is 4.90. The van der Waals surface area contributed by atoms with E-state index >= 15 is 0 Å². The van der Waals surface area contributed by atoms with Crippen molar-refractivity contribution >= 4 is 0 Å². The average molecular weight is 233 g/mol. The summed E-state index contributed by atoms with van der Waals surface area (Å²) in [4.78, 5) is 0. The molecule has 2 aliphatic rings. The van der Waals surface area contributed by atoms with Crippen LogP contribution in [0, 0.1) is 5.92 Å². The Morgan fingerprint density at radius 1 is 1.24 bits per heavy atom. The van der Waals surface area contributed by atoms with Gasteiger partial charge in [-0.3, -0.25) is 0 Å². The van der Waals surface area contributed by atoms with Crippen LogP contribution in [0.5, 0.6) is 5.75 Å². The molecule has 0 bridgehead atoms. The van der Waals surface area contributed by atoms with Gasteiger partial charge in [0.1, 0.15) is 5.75 Å². The van der Waals surface area contributed by atoms with Gasteiger partial charge in [-0.1, -0.05) is 18.2 Å². The van der Waals surface area contributed by atoms with Gasteiger partial charge in [0, 0.05) is 18.7 Å². The van der Waals surface area contributed by atoms with Crippen molar-refractivity contribution in [2.24, 2.45) is 5.92 Å². The van der Waals surface area contributed by atoms with Gasteiger partial charge in [-0.15, -0.1) is 0 Å². The van der Waals surface area contributed by atoms with Crippen molar-refractivity contribution in [2.45, 2.75) is 25.0 Å². The minimum absolute atomic E-state index is 0.130. The van der Waals surface area contributed by atoms with Crippen LogP contribution in [0.15, 0.2) is 24.3 Å². The fourth-order valence-corrected chi connectivity index (χ4v) is 2.53. The van der Waals surface area contributed by atoms with Crippen LogP contribution in [0.1, 0.15) is 24.5 Å². The third-order valence-corrected chi connectivity index (χ3v) is 3.65. The molecule has 2 fully saturated rings. The molecular formula is C14H19NO2. The third-order valence-electron chi connectivity index (χ3n) is 3.65. The summed E-state index contributed by atoms with van der Waals surface area (Å²) >= 11 is 0. The summed E-state index contributed by atoms with van der Waals surface area (Å²) < 4.78 is 11.6. The predicted octanol–water partition coefficient (Wildman–Crippen LogP) is 2.13. The predicted molar refractivity (Wildman–Crippen MR) is 66.2 cm³/mol. The van der Waals surface area contributed by atoms with Crippen LogP contribution >= 0.6 is 0 Å². The molecule has 1 saturated heterocycles. The molecule has 92 valence electrons. The summed E-state index contributed by atoms with van der Waals surface area (Å²) in [5, 5.41) is 3.48. The van der Waals surface area contributed by atoms with Crippen LogP contribution < -0.4 is 10.1 Å². The molecule has 1 aromatic rings. The summed E-state index contributed by atoms with van der Waals surface area (Å²) in [5.41, 5.74) is 1.16. The fourth-order valence-electron chi connectivity index (χ4n) is 2.53. The van der Waals surface area contributed by atoms with Gasteiger partial charge in [-0.25, -0.2) is 0 Å². The number of morpholine rings is 1. The number of methoxy groups -OCH3 is 1. The lowest BCUT2D eigenvalue weighted by Crippen LogP contribution is -2.41. The van der Waals surface area contributed by atoms with E-state index in [9.17, 15) is 0 Å². The maximum Gasteiger partial charge on any atom is 0.124 e. The molecular weight excluding hydrogens is 214 g/mol. The Morgan fingerprint density at radius 3 is 2.82 bits per heavy atom. The molecule has 17 heavy (non-hydrogen) atoms. The van der Waals surface area contributed by atoms with Gasteiger partial charge in [0.15, 0.2) is 0 Å². The Bertz CT molecular complexity index is 390. The molecule has 0 aromatic heterocycles. The van der Waals surface area contributed by atoms with Crippen LogP contribution in [-0.2, 0) is 4.74 Å². The molecule has 1 aliphatic carbocycles. The first kappa shape index (κ1) is 11.1. The van der Waals surface area contributed by atoms with Crippen molar-refractivity contribution in [3.05, 3.63) is 29.8 Å². The Labute approximate surface area is 102 Å². The van der Waals surface area contributed by atoms with E-state index in [0.717, 1.165) is 30.3 Å². The van der Waals surface area contributed by atoms with Crippen molar-refractivity contribution in [1.29, 1.82) is 0 Å². The summed E-state index contributed by atoms with van der Waals surface area (Å²) in [6.45, 7) is 1.87. The van der Waals surface area contributed by atoms with E-state index < -0.39 is 0 Å². The first-order chi connectivity index (χ1) is 8.38. The molecule has 3 rings (SSSR count). The molecule has 0 radical (unpaired) electrons. The summed E-state index contributed by atoms with van der Waals surface area (Å²) in [6, 6.07) is 8.14. The summed E-state index contributed by atoms with van der Waals surface area (Å²) in [5.74, 6) is 1.70. The smallest absolute Gasteiger partial charge is 0.124 e. The second kappa shape index (κ2) is 4.67. The molecule has 1 heterocycles. The van der Waals surface area contributed by atoms with Gasteiger partial charge in [-0.2, -0.15) is 0 Å². The molecule has 3 nitrogen and oxygen atoms in total. The number of ether oxygens (including phenoxy) is 2. The minimum atomic E-state index is 0.130. The number of para-hydroxylation sites is 1. The van der Waals surface area contributed by atoms with Gasteiger partial charge in [0.05, 0.1) is 19.3 Å². The van der Waals surface area contributed by atoms with Gasteiger partial charge in [0.2, 0.25) is 0 Å². The number of rotatable bonds is 3. The Morgan fingerprint density at radius 2 is 2.06 bits per heavy atom.